The minimum Gasteiger partial charge on any atom is -0.325 e. The first kappa shape index (κ1) is 31.6. The lowest BCUT2D eigenvalue weighted by atomic mass is 10.1. The number of amides is 3. The number of rotatable bonds is 11. The maximum absolute atomic E-state index is 13.3. The van der Waals surface area contributed by atoms with Crippen molar-refractivity contribution < 1.29 is 27.7 Å². The second-order valence-electron chi connectivity index (χ2n) is 9.11. The van der Waals surface area contributed by atoms with Crippen molar-refractivity contribution in [2.45, 2.75) is 9.79 Å². The van der Waals surface area contributed by atoms with E-state index in [0.29, 0.717) is 27.4 Å². The van der Waals surface area contributed by atoms with Gasteiger partial charge in [-0.3, -0.25) is 24.5 Å². The second kappa shape index (κ2) is 14.2. The first-order valence-electron chi connectivity index (χ1n) is 12.8. The van der Waals surface area contributed by atoms with E-state index in [1.54, 1.807) is 54.6 Å². The third-order valence-electron chi connectivity index (χ3n) is 5.87. The van der Waals surface area contributed by atoms with Crippen molar-refractivity contribution in [2.75, 3.05) is 16.4 Å². The van der Waals surface area contributed by atoms with Gasteiger partial charge in [-0.25, -0.2) is 13.6 Å². The van der Waals surface area contributed by atoms with E-state index in [-0.39, 0.29) is 27.9 Å². The van der Waals surface area contributed by atoms with E-state index in [1.165, 1.54) is 66.4 Å². The molecule has 0 bridgehead atoms. The average molecular weight is 632 g/mol. The van der Waals surface area contributed by atoms with Crippen LogP contribution < -0.4 is 21.1 Å². The maximum atomic E-state index is 13.3. The minimum absolute atomic E-state index is 0.0206. The number of sulfonamides is 1. The number of nitrogens with zero attached hydrogens (tertiary/aromatic N) is 1. The van der Waals surface area contributed by atoms with E-state index < -0.39 is 26.8 Å². The van der Waals surface area contributed by atoms with Crippen molar-refractivity contribution in [1.29, 1.82) is 0 Å². The van der Waals surface area contributed by atoms with Crippen molar-refractivity contribution in [3.05, 3.63) is 130 Å². The molecule has 0 radical (unpaired) electrons. The number of nitrogens with one attached hydrogen (secondary N) is 3. The van der Waals surface area contributed by atoms with Gasteiger partial charge in [0.2, 0.25) is 15.9 Å². The molecule has 12 nitrogen and oxygen atoms in total. The van der Waals surface area contributed by atoms with Crippen molar-refractivity contribution in [1.82, 2.24) is 5.32 Å². The highest BCUT2D eigenvalue weighted by Gasteiger charge is 2.16. The Morgan fingerprint density at radius 2 is 1.52 bits per heavy atom. The summed E-state index contributed by atoms with van der Waals surface area (Å²) in [5.41, 5.74) is 1.34. The summed E-state index contributed by atoms with van der Waals surface area (Å²) >= 11 is 1.20. The molecule has 44 heavy (non-hydrogen) atoms. The molecule has 4 aromatic rings. The molecule has 0 aliphatic heterocycles. The standard InChI is InChI=1S/C30H25N5O7S2/c31-44(41,42)26-15-11-22(12-16-26)32-28(36)19-43-25-8-4-7-23(18-25)33-30(38)27(34-29(37)21-5-2-1-3-6-21)17-20-9-13-24(14-10-20)35(39)40/h1-18H,19H2,(H,32,36)(H,33,38)(H,34,37)(H2,31,41,42)/b27-17+. The van der Waals surface area contributed by atoms with Crippen LogP contribution in [0.3, 0.4) is 0 Å². The zero-order valence-corrected chi connectivity index (χ0v) is 24.4. The number of benzene rings is 4. The molecule has 3 amide bonds. The highest BCUT2D eigenvalue weighted by Crippen LogP contribution is 2.23. The lowest BCUT2D eigenvalue weighted by Crippen LogP contribution is -2.30. The first-order valence-corrected chi connectivity index (χ1v) is 15.3. The van der Waals surface area contributed by atoms with Gasteiger partial charge in [-0.15, -0.1) is 11.8 Å². The Hall–Kier alpha value is -5.31. The Morgan fingerprint density at radius 1 is 0.841 bits per heavy atom. The third kappa shape index (κ3) is 9.09. The Bertz CT molecular complexity index is 1830. The fourth-order valence-corrected chi connectivity index (χ4v) is 5.01. The maximum Gasteiger partial charge on any atom is 0.272 e. The van der Waals surface area contributed by atoms with Gasteiger partial charge in [0.25, 0.3) is 17.5 Å². The molecule has 0 aliphatic carbocycles. The molecule has 0 saturated heterocycles. The van der Waals surface area contributed by atoms with E-state index in [4.69, 9.17) is 5.14 Å². The number of nitro groups is 1. The van der Waals surface area contributed by atoms with Gasteiger partial charge in [0.15, 0.2) is 0 Å². The lowest BCUT2D eigenvalue weighted by molar-refractivity contribution is -0.384. The van der Waals surface area contributed by atoms with Crippen molar-refractivity contribution in [3.63, 3.8) is 0 Å². The van der Waals surface area contributed by atoms with E-state index in [0.717, 1.165) is 0 Å². The Balaban J connectivity index is 1.44. The van der Waals surface area contributed by atoms with E-state index in [1.807, 2.05) is 0 Å². The summed E-state index contributed by atoms with van der Waals surface area (Å²) in [5.74, 6) is -1.49. The number of primary sulfonamides is 1. The number of nitrogens with two attached hydrogens (primary N) is 1. The van der Waals surface area contributed by atoms with Gasteiger partial charge < -0.3 is 16.0 Å². The molecule has 0 aromatic heterocycles. The topological polar surface area (TPSA) is 191 Å². The largest absolute Gasteiger partial charge is 0.325 e. The average Bonchev–Trinajstić information content (AvgIpc) is 3.00. The van der Waals surface area contributed by atoms with E-state index >= 15 is 0 Å². The quantitative estimate of drug-likeness (QED) is 0.0811. The number of carbonyl (C=O) groups is 3. The molecule has 5 N–H and O–H groups in total. The van der Waals surface area contributed by atoms with Gasteiger partial charge in [-0.05, 0) is 78.4 Å². The van der Waals surface area contributed by atoms with Gasteiger partial charge in [-0.2, -0.15) is 0 Å². The molecule has 0 saturated carbocycles. The van der Waals surface area contributed by atoms with Crippen LogP contribution in [-0.2, 0) is 19.6 Å². The van der Waals surface area contributed by atoms with Crippen LogP contribution in [0, 0.1) is 10.1 Å². The Labute approximate surface area is 256 Å². The number of nitro benzene ring substituents is 1. The Kier molecular flexibility index (Phi) is 10.2. The summed E-state index contributed by atoms with van der Waals surface area (Å²) < 4.78 is 22.8. The van der Waals surface area contributed by atoms with E-state index in [2.05, 4.69) is 16.0 Å². The third-order valence-corrected chi connectivity index (χ3v) is 7.80. The van der Waals surface area contributed by atoms with Crippen LogP contribution in [-0.4, -0.2) is 36.8 Å². The fraction of sp³-hybridized carbons (Fsp3) is 0.0333. The molecular formula is C30H25N5O7S2. The molecule has 0 fully saturated rings. The lowest BCUT2D eigenvalue weighted by Gasteiger charge is -2.12. The van der Waals surface area contributed by atoms with Crippen LogP contribution in [0.15, 0.2) is 119 Å². The summed E-state index contributed by atoms with van der Waals surface area (Å²) in [6, 6.07) is 25.9. The van der Waals surface area contributed by atoms with Crippen LogP contribution >= 0.6 is 11.8 Å². The fourth-order valence-electron chi connectivity index (χ4n) is 3.74. The number of anilines is 2. The number of hydrogen-bond acceptors (Lipinski definition) is 8. The number of non-ortho nitro benzene ring substituents is 1. The normalized spacial score (nSPS) is 11.3. The summed E-state index contributed by atoms with van der Waals surface area (Å²) in [6.07, 6.45) is 1.40. The summed E-state index contributed by atoms with van der Waals surface area (Å²) in [5, 5.41) is 24.1. The molecule has 0 unspecified atom stereocenters. The summed E-state index contributed by atoms with van der Waals surface area (Å²) in [4.78, 5) is 49.6. The van der Waals surface area contributed by atoms with Crippen molar-refractivity contribution in [2.24, 2.45) is 5.14 Å². The van der Waals surface area contributed by atoms with Gasteiger partial charge in [0.1, 0.15) is 5.70 Å². The molecule has 4 rings (SSSR count). The zero-order valence-electron chi connectivity index (χ0n) is 22.8. The van der Waals surface area contributed by atoms with Gasteiger partial charge >= 0.3 is 0 Å². The van der Waals surface area contributed by atoms with Gasteiger partial charge in [0, 0.05) is 34.0 Å². The number of thioether (sulfide) groups is 1. The predicted molar refractivity (Wildman–Crippen MR) is 167 cm³/mol. The van der Waals surface area contributed by atoms with Crippen LogP contribution in [0.1, 0.15) is 15.9 Å². The minimum atomic E-state index is -3.85. The Morgan fingerprint density at radius 3 is 2.16 bits per heavy atom. The molecule has 0 spiro atoms. The molecule has 4 aromatic carbocycles. The molecule has 14 heteroatoms. The smallest absolute Gasteiger partial charge is 0.272 e. The molecule has 0 heterocycles. The van der Waals surface area contributed by atoms with Gasteiger partial charge in [0.05, 0.1) is 15.6 Å². The van der Waals surface area contributed by atoms with Crippen LogP contribution in [0.25, 0.3) is 6.08 Å². The predicted octanol–water partition coefficient (Wildman–Crippen LogP) is 4.38. The van der Waals surface area contributed by atoms with Crippen LogP contribution in [0.5, 0.6) is 0 Å². The number of carbonyl (C=O) groups excluding carboxylic acids is 3. The molecule has 0 atom stereocenters. The van der Waals surface area contributed by atoms with Crippen molar-refractivity contribution >= 4 is 62.6 Å². The molecule has 224 valence electrons. The molecular weight excluding hydrogens is 606 g/mol. The second-order valence-corrected chi connectivity index (χ2v) is 11.7. The first-order chi connectivity index (χ1) is 21.0. The molecule has 0 aliphatic rings. The highest BCUT2D eigenvalue weighted by atomic mass is 32.2. The summed E-state index contributed by atoms with van der Waals surface area (Å²) in [7, 11) is -3.85. The van der Waals surface area contributed by atoms with Crippen LogP contribution in [0.2, 0.25) is 0 Å². The summed E-state index contributed by atoms with van der Waals surface area (Å²) in [6.45, 7) is 0. The SMILES string of the molecule is NS(=O)(=O)c1ccc(NC(=O)CSc2cccc(NC(=O)/C(=C\c3ccc([N+](=O)[O-])cc3)NC(=O)c3ccccc3)c2)cc1. The van der Waals surface area contributed by atoms with Crippen LogP contribution in [0.4, 0.5) is 17.1 Å². The van der Waals surface area contributed by atoms with E-state index in [9.17, 15) is 32.9 Å². The van der Waals surface area contributed by atoms with Crippen molar-refractivity contribution in [3.8, 4) is 0 Å². The monoisotopic (exact) mass is 631 g/mol. The van der Waals surface area contributed by atoms with Gasteiger partial charge in [-0.1, -0.05) is 24.3 Å². The highest BCUT2D eigenvalue weighted by molar-refractivity contribution is 8.00. The number of hydrogen-bond donors (Lipinski definition) is 4. The zero-order chi connectivity index (χ0) is 31.7.